The van der Waals surface area contributed by atoms with Crippen molar-refractivity contribution in [1.82, 2.24) is 5.43 Å². The van der Waals surface area contributed by atoms with E-state index in [1.807, 2.05) is 12.1 Å². The molecule has 0 aliphatic carbocycles. The molecule has 3 N–H and O–H groups in total. The molecule has 2 aromatic rings. The molecule has 1 aromatic carbocycles. The molecule has 1 unspecified atom stereocenters. The van der Waals surface area contributed by atoms with Crippen LogP contribution in [0.2, 0.25) is 0 Å². The Balaban J connectivity index is 2.36. The molecule has 0 saturated heterocycles. The van der Waals surface area contributed by atoms with Gasteiger partial charge in [0.1, 0.15) is 0 Å². The van der Waals surface area contributed by atoms with Crippen LogP contribution in [0.3, 0.4) is 0 Å². The summed E-state index contributed by atoms with van der Waals surface area (Å²) in [5.74, 6) is 7.54. The molecule has 114 valence electrons. The quantitative estimate of drug-likeness (QED) is 0.608. The molecule has 0 aliphatic rings. The normalized spacial score (nSPS) is 12.0. The Hall–Kier alpha value is -1.76. The maximum atomic E-state index is 5.72. The molecule has 5 nitrogen and oxygen atoms in total. The second-order valence-corrected chi connectivity index (χ2v) is 5.29. The average molecular weight is 308 g/mol. The number of thiophene rings is 1. The average Bonchev–Trinajstić information content (AvgIpc) is 3.04. The fourth-order valence-corrected chi connectivity index (χ4v) is 2.90. The Morgan fingerprint density at radius 3 is 2.24 bits per heavy atom. The van der Waals surface area contributed by atoms with Crippen LogP contribution in [0, 0.1) is 0 Å². The van der Waals surface area contributed by atoms with E-state index in [2.05, 4.69) is 22.3 Å². The molecule has 0 spiro atoms. The van der Waals surface area contributed by atoms with Crippen molar-refractivity contribution in [3.8, 4) is 17.2 Å². The van der Waals surface area contributed by atoms with Crippen LogP contribution >= 0.6 is 11.3 Å². The molecule has 6 heteroatoms. The lowest BCUT2D eigenvalue weighted by molar-refractivity contribution is 0.323. The highest BCUT2D eigenvalue weighted by atomic mass is 32.1. The second kappa shape index (κ2) is 7.31. The first-order valence-corrected chi connectivity index (χ1v) is 7.44. The van der Waals surface area contributed by atoms with E-state index in [0.717, 1.165) is 12.0 Å². The Morgan fingerprint density at radius 1 is 1.14 bits per heavy atom. The van der Waals surface area contributed by atoms with E-state index in [9.17, 15) is 0 Å². The first-order chi connectivity index (χ1) is 10.2. The van der Waals surface area contributed by atoms with Gasteiger partial charge < -0.3 is 14.2 Å². The van der Waals surface area contributed by atoms with Gasteiger partial charge in [-0.2, -0.15) is 11.3 Å². The Morgan fingerprint density at radius 2 is 1.81 bits per heavy atom. The number of rotatable bonds is 7. The molecule has 0 fully saturated rings. The van der Waals surface area contributed by atoms with Gasteiger partial charge in [0.15, 0.2) is 11.5 Å². The van der Waals surface area contributed by atoms with E-state index < -0.39 is 0 Å². The standard InChI is InChI=1S/C15H20N2O3S/c1-18-13-7-11(8-14(19-2)15(13)20-3)12(17-16)6-10-4-5-21-9-10/h4-5,7-9,12,17H,6,16H2,1-3H3. The lowest BCUT2D eigenvalue weighted by Crippen LogP contribution is -2.29. The van der Waals surface area contributed by atoms with Gasteiger partial charge in [-0.15, -0.1) is 0 Å². The molecule has 1 aromatic heterocycles. The lowest BCUT2D eigenvalue weighted by atomic mass is 10.00. The van der Waals surface area contributed by atoms with Gasteiger partial charge in [-0.25, -0.2) is 0 Å². The maximum Gasteiger partial charge on any atom is 0.203 e. The van der Waals surface area contributed by atoms with Crippen molar-refractivity contribution in [2.24, 2.45) is 5.84 Å². The predicted octanol–water partition coefficient (Wildman–Crippen LogP) is 2.52. The van der Waals surface area contributed by atoms with Gasteiger partial charge in [0.25, 0.3) is 0 Å². The first kappa shape index (κ1) is 15.6. The SMILES string of the molecule is COc1cc(C(Cc2ccsc2)NN)cc(OC)c1OC. The van der Waals surface area contributed by atoms with Crippen molar-refractivity contribution < 1.29 is 14.2 Å². The smallest absolute Gasteiger partial charge is 0.203 e. The van der Waals surface area contributed by atoms with Gasteiger partial charge in [0.2, 0.25) is 5.75 Å². The Kier molecular flexibility index (Phi) is 5.44. The minimum Gasteiger partial charge on any atom is -0.493 e. The number of hydrazine groups is 1. The van der Waals surface area contributed by atoms with Crippen molar-refractivity contribution >= 4 is 11.3 Å². The van der Waals surface area contributed by atoms with Crippen LogP contribution in [0.25, 0.3) is 0 Å². The minimum atomic E-state index is -0.0340. The summed E-state index contributed by atoms with van der Waals surface area (Å²) in [6, 6.07) is 5.89. The van der Waals surface area contributed by atoms with E-state index in [-0.39, 0.29) is 6.04 Å². The monoisotopic (exact) mass is 308 g/mol. The molecular formula is C15H20N2O3S. The van der Waals surface area contributed by atoms with Crippen molar-refractivity contribution in [2.45, 2.75) is 12.5 Å². The number of nitrogens with two attached hydrogens (primary N) is 1. The number of methoxy groups -OCH3 is 3. The van der Waals surface area contributed by atoms with Gasteiger partial charge in [-0.1, -0.05) is 0 Å². The lowest BCUT2D eigenvalue weighted by Gasteiger charge is -2.19. The summed E-state index contributed by atoms with van der Waals surface area (Å²) in [6.45, 7) is 0. The molecule has 0 bridgehead atoms. The predicted molar refractivity (Wildman–Crippen MR) is 84.2 cm³/mol. The highest BCUT2D eigenvalue weighted by molar-refractivity contribution is 7.07. The third-order valence-corrected chi connectivity index (χ3v) is 4.04. The molecular weight excluding hydrogens is 288 g/mol. The summed E-state index contributed by atoms with van der Waals surface area (Å²) < 4.78 is 16.1. The van der Waals surface area contributed by atoms with E-state index in [1.165, 1.54) is 5.56 Å². The zero-order valence-corrected chi connectivity index (χ0v) is 13.2. The van der Waals surface area contributed by atoms with Crippen LogP contribution in [-0.2, 0) is 6.42 Å². The van der Waals surface area contributed by atoms with Gasteiger partial charge in [0, 0.05) is 0 Å². The van der Waals surface area contributed by atoms with Crippen LogP contribution in [0.5, 0.6) is 17.2 Å². The molecule has 2 rings (SSSR count). The maximum absolute atomic E-state index is 5.72. The fraction of sp³-hybridized carbons (Fsp3) is 0.333. The third kappa shape index (κ3) is 3.47. The molecule has 1 heterocycles. The van der Waals surface area contributed by atoms with Gasteiger partial charge in [-0.05, 0) is 46.5 Å². The van der Waals surface area contributed by atoms with E-state index in [4.69, 9.17) is 20.1 Å². The van der Waals surface area contributed by atoms with E-state index in [0.29, 0.717) is 17.2 Å². The number of ether oxygens (including phenoxy) is 3. The molecule has 0 saturated carbocycles. The number of hydrogen-bond acceptors (Lipinski definition) is 6. The van der Waals surface area contributed by atoms with Crippen LogP contribution in [0.1, 0.15) is 17.2 Å². The van der Waals surface area contributed by atoms with Crippen molar-refractivity contribution in [1.29, 1.82) is 0 Å². The molecule has 0 radical (unpaired) electrons. The van der Waals surface area contributed by atoms with Crippen LogP contribution in [0.4, 0.5) is 0 Å². The number of hydrogen-bond donors (Lipinski definition) is 2. The molecule has 0 amide bonds. The van der Waals surface area contributed by atoms with Crippen LogP contribution in [0.15, 0.2) is 29.0 Å². The van der Waals surface area contributed by atoms with Crippen LogP contribution < -0.4 is 25.5 Å². The first-order valence-electron chi connectivity index (χ1n) is 6.50. The number of benzene rings is 1. The van der Waals surface area contributed by atoms with E-state index >= 15 is 0 Å². The Labute approximate surface area is 128 Å². The van der Waals surface area contributed by atoms with Gasteiger partial charge in [0.05, 0.1) is 27.4 Å². The fourth-order valence-electron chi connectivity index (χ4n) is 2.22. The zero-order valence-electron chi connectivity index (χ0n) is 12.4. The highest BCUT2D eigenvalue weighted by Crippen LogP contribution is 2.40. The molecule has 21 heavy (non-hydrogen) atoms. The summed E-state index contributed by atoms with van der Waals surface area (Å²) in [7, 11) is 4.79. The van der Waals surface area contributed by atoms with E-state index in [1.54, 1.807) is 32.7 Å². The largest absolute Gasteiger partial charge is 0.493 e. The van der Waals surface area contributed by atoms with Gasteiger partial charge in [-0.3, -0.25) is 11.3 Å². The van der Waals surface area contributed by atoms with Crippen molar-refractivity contribution in [2.75, 3.05) is 21.3 Å². The summed E-state index contributed by atoms with van der Waals surface area (Å²) >= 11 is 1.67. The van der Waals surface area contributed by atoms with Crippen LogP contribution in [-0.4, -0.2) is 21.3 Å². The van der Waals surface area contributed by atoms with Crippen molar-refractivity contribution in [3.05, 3.63) is 40.1 Å². The van der Waals surface area contributed by atoms with Gasteiger partial charge >= 0.3 is 0 Å². The summed E-state index contributed by atoms with van der Waals surface area (Å²) in [5.41, 5.74) is 5.07. The summed E-state index contributed by atoms with van der Waals surface area (Å²) in [5, 5.41) is 4.17. The highest BCUT2D eigenvalue weighted by Gasteiger charge is 2.18. The summed E-state index contributed by atoms with van der Waals surface area (Å²) in [4.78, 5) is 0. The third-order valence-electron chi connectivity index (χ3n) is 3.31. The topological polar surface area (TPSA) is 65.7 Å². The molecule has 0 aliphatic heterocycles. The zero-order chi connectivity index (χ0) is 15.2. The minimum absolute atomic E-state index is 0.0340. The number of nitrogens with one attached hydrogen (secondary N) is 1. The Bertz CT molecular complexity index is 547. The molecule has 1 atom stereocenters. The second-order valence-electron chi connectivity index (χ2n) is 4.51. The summed E-state index contributed by atoms with van der Waals surface area (Å²) in [6.07, 6.45) is 0.790. The van der Waals surface area contributed by atoms with Crippen molar-refractivity contribution in [3.63, 3.8) is 0 Å².